The highest BCUT2D eigenvalue weighted by Crippen LogP contribution is 2.29. The highest BCUT2D eigenvalue weighted by Gasteiger charge is 2.22. The second kappa shape index (κ2) is 9.74. The fraction of sp³-hybridized carbons (Fsp3) is 0.217. The fourth-order valence-electron chi connectivity index (χ4n) is 3.50. The summed E-state index contributed by atoms with van der Waals surface area (Å²) in [4.78, 5) is 20.9. The SMILES string of the molecule is C=CCNS(=O)(=O)c1cccc(C(=O)Nc2nc3c(s2)CN(Cc2ccccc2)CC3)c1. The summed E-state index contributed by atoms with van der Waals surface area (Å²) < 4.78 is 27.0. The lowest BCUT2D eigenvalue weighted by atomic mass is 10.1. The molecule has 0 spiro atoms. The van der Waals surface area contributed by atoms with Crippen molar-refractivity contribution >= 4 is 32.4 Å². The largest absolute Gasteiger partial charge is 0.298 e. The maximum atomic E-state index is 12.7. The number of carbonyl (C=O) groups is 1. The summed E-state index contributed by atoms with van der Waals surface area (Å²) in [6.07, 6.45) is 2.29. The standard InChI is InChI=1S/C23H24N4O3S2/c1-2-12-24-32(29,30)19-10-6-9-18(14-19)22(28)26-23-25-20-11-13-27(16-21(20)31-23)15-17-7-4-3-5-8-17/h2-10,14,24H,1,11-13,15-16H2,(H,25,26,28). The van der Waals surface area contributed by atoms with Gasteiger partial charge in [-0.3, -0.25) is 15.0 Å². The van der Waals surface area contributed by atoms with Crippen molar-refractivity contribution in [3.63, 3.8) is 0 Å². The molecule has 1 amide bonds. The Labute approximate surface area is 191 Å². The Kier molecular flexibility index (Phi) is 6.80. The average Bonchev–Trinajstić information content (AvgIpc) is 3.20. The van der Waals surface area contributed by atoms with Gasteiger partial charge in [0.15, 0.2) is 5.13 Å². The van der Waals surface area contributed by atoms with Crippen LogP contribution in [-0.4, -0.2) is 37.3 Å². The normalized spacial score (nSPS) is 14.0. The third-order valence-electron chi connectivity index (χ3n) is 5.10. The zero-order valence-electron chi connectivity index (χ0n) is 17.5. The Morgan fingerprint density at radius 2 is 2.00 bits per heavy atom. The van der Waals surface area contributed by atoms with E-state index in [-0.39, 0.29) is 17.0 Å². The van der Waals surface area contributed by atoms with E-state index in [0.29, 0.717) is 5.13 Å². The number of carbonyl (C=O) groups excluding carboxylic acids is 1. The maximum Gasteiger partial charge on any atom is 0.257 e. The molecule has 2 heterocycles. The van der Waals surface area contributed by atoms with Crippen molar-refractivity contribution in [2.24, 2.45) is 0 Å². The highest BCUT2D eigenvalue weighted by atomic mass is 32.2. The molecule has 1 aliphatic heterocycles. The van der Waals surface area contributed by atoms with Crippen molar-refractivity contribution in [1.29, 1.82) is 0 Å². The molecule has 0 fully saturated rings. The third-order valence-corrected chi connectivity index (χ3v) is 7.52. The van der Waals surface area contributed by atoms with Gasteiger partial charge in [-0.05, 0) is 23.8 Å². The number of thiazole rings is 1. The van der Waals surface area contributed by atoms with Crippen molar-refractivity contribution < 1.29 is 13.2 Å². The summed E-state index contributed by atoms with van der Waals surface area (Å²) in [7, 11) is -3.71. The highest BCUT2D eigenvalue weighted by molar-refractivity contribution is 7.89. The summed E-state index contributed by atoms with van der Waals surface area (Å²) in [5.41, 5.74) is 2.54. The van der Waals surface area contributed by atoms with Gasteiger partial charge in [0, 0.05) is 43.0 Å². The Morgan fingerprint density at radius 1 is 1.19 bits per heavy atom. The number of hydrogen-bond acceptors (Lipinski definition) is 6. The first-order valence-corrected chi connectivity index (χ1v) is 12.5. The monoisotopic (exact) mass is 468 g/mol. The van der Waals surface area contributed by atoms with Crippen LogP contribution in [-0.2, 0) is 29.5 Å². The Morgan fingerprint density at radius 3 is 2.78 bits per heavy atom. The molecule has 2 N–H and O–H groups in total. The minimum Gasteiger partial charge on any atom is -0.298 e. The van der Waals surface area contributed by atoms with Gasteiger partial charge in [-0.25, -0.2) is 18.1 Å². The molecule has 1 aliphatic rings. The molecule has 4 rings (SSSR count). The van der Waals surface area contributed by atoms with Crippen LogP contribution in [0.2, 0.25) is 0 Å². The van der Waals surface area contributed by atoms with E-state index >= 15 is 0 Å². The second-order valence-electron chi connectivity index (χ2n) is 7.46. The molecule has 0 aliphatic carbocycles. The summed E-state index contributed by atoms with van der Waals surface area (Å²) >= 11 is 1.47. The number of amides is 1. The fourth-order valence-corrected chi connectivity index (χ4v) is 5.59. The molecule has 9 heteroatoms. The van der Waals surface area contributed by atoms with Crippen molar-refractivity contribution in [2.75, 3.05) is 18.4 Å². The number of benzene rings is 2. The molecule has 166 valence electrons. The van der Waals surface area contributed by atoms with E-state index in [1.165, 1.54) is 35.1 Å². The van der Waals surface area contributed by atoms with E-state index < -0.39 is 15.9 Å². The van der Waals surface area contributed by atoms with E-state index in [2.05, 4.69) is 38.6 Å². The van der Waals surface area contributed by atoms with Crippen LogP contribution in [0.15, 0.2) is 72.1 Å². The molecular weight excluding hydrogens is 444 g/mol. The lowest BCUT2D eigenvalue weighted by Gasteiger charge is -2.25. The third kappa shape index (κ3) is 5.31. The summed E-state index contributed by atoms with van der Waals surface area (Å²) in [6, 6.07) is 16.3. The average molecular weight is 469 g/mol. The van der Waals surface area contributed by atoms with E-state index in [4.69, 9.17) is 0 Å². The zero-order chi connectivity index (χ0) is 22.6. The number of nitrogens with zero attached hydrogens (tertiary/aromatic N) is 2. The van der Waals surface area contributed by atoms with Crippen LogP contribution in [0.3, 0.4) is 0 Å². The molecule has 0 saturated heterocycles. The van der Waals surface area contributed by atoms with Crippen LogP contribution >= 0.6 is 11.3 Å². The number of aromatic nitrogens is 1. The van der Waals surface area contributed by atoms with Gasteiger partial charge in [0.2, 0.25) is 10.0 Å². The molecule has 1 aromatic heterocycles. The molecule has 0 unspecified atom stereocenters. The molecule has 2 aromatic carbocycles. The van der Waals surface area contributed by atoms with Crippen LogP contribution in [0.5, 0.6) is 0 Å². The predicted octanol–water partition coefficient (Wildman–Crippen LogP) is 3.42. The number of rotatable bonds is 8. The number of anilines is 1. The first-order chi connectivity index (χ1) is 15.4. The molecule has 0 radical (unpaired) electrons. The van der Waals surface area contributed by atoms with Crippen molar-refractivity contribution in [3.05, 3.63) is 89.0 Å². The van der Waals surface area contributed by atoms with Crippen molar-refractivity contribution in [3.8, 4) is 0 Å². The zero-order valence-corrected chi connectivity index (χ0v) is 19.1. The predicted molar refractivity (Wildman–Crippen MR) is 126 cm³/mol. The summed E-state index contributed by atoms with van der Waals surface area (Å²) in [6.45, 7) is 6.20. The lowest BCUT2D eigenvalue weighted by molar-refractivity contribution is 0.102. The van der Waals surface area contributed by atoms with Gasteiger partial charge in [0.25, 0.3) is 5.91 Å². The second-order valence-corrected chi connectivity index (χ2v) is 10.3. The smallest absolute Gasteiger partial charge is 0.257 e. The Hall–Kier alpha value is -2.85. The molecular formula is C23H24N4O3S2. The number of sulfonamides is 1. The van der Waals surface area contributed by atoms with E-state index in [9.17, 15) is 13.2 Å². The molecule has 32 heavy (non-hydrogen) atoms. The minimum atomic E-state index is -3.71. The van der Waals surface area contributed by atoms with Gasteiger partial charge >= 0.3 is 0 Å². The van der Waals surface area contributed by atoms with Crippen LogP contribution in [0.25, 0.3) is 0 Å². The van der Waals surface area contributed by atoms with Gasteiger partial charge in [0.05, 0.1) is 10.6 Å². The van der Waals surface area contributed by atoms with E-state index in [1.807, 2.05) is 18.2 Å². The summed E-state index contributed by atoms with van der Waals surface area (Å²) in [5, 5.41) is 3.35. The van der Waals surface area contributed by atoms with Gasteiger partial charge in [0.1, 0.15) is 0 Å². The van der Waals surface area contributed by atoms with Crippen LogP contribution < -0.4 is 10.0 Å². The number of fused-ring (bicyclic) bond motifs is 1. The lowest BCUT2D eigenvalue weighted by Crippen LogP contribution is -2.29. The Balaban J connectivity index is 1.43. The molecule has 3 aromatic rings. The molecule has 0 bridgehead atoms. The topological polar surface area (TPSA) is 91.4 Å². The minimum absolute atomic E-state index is 0.0296. The van der Waals surface area contributed by atoms with E-state index in [1.54, 1.807) is 12.1 Å². The quantitative estimate of drug-likeness (QED) is 0.495. The van der Waals surface area contributed by atoms with E-state index in [0.717, 1.165) is 36.6 Å². The number of hydrogen-bond donors (Lipinski definition) is 2. The first-order valence-electron chi connectivity index (χ1n) is 10.2. The molecule has 0 saturated carbocycles. The Bertz CT molecular complexity index is 1220. The van der Waals surface area contributed by atoms with Crippen LogP contribution in [0.4, 0.5) is 5.13 Å². The molecule has 0 atom stereocenters. The van der Waals surface area contributed by atoms with Gasteiger partial charge in [-0.15, -0.1) is 17.9 Å². The van der Waals surface area contributed by atoms with Gasteiger partial charge in [-0.1, -0.05) is 42.5 Å². The van der Waals surface area contributed by atoms with Crippen molar-refractivity contribution in [2.45, 2.75) is 24.4 Å². The van der Waals surface area contributed by atoms with Crippen LogP contribution in [0, 0.1) is 0 Å². The van der Waals surface area contributed by atoms with Crippen LogP contribution in [0.1, 0.15) is 26.5 Å². The summed E-state index contributed by atoms with van der Waals surface area (Å²) in [5.74, 6) is -0.391. The first kappa shape index (κ1) is 22.3. The van der Waals surface area contributed by atoms with Gasteiger partial charge < -0.3 is 0 Å². The van der Waals surface area contributed by atoms with Gasteiger partial charge in [-0.2, -0.15) is 0 Å². The van der Waals surface area contributed by atoms with Crippen molar-refractivity contribution in [1.82, 2.24) is 14.6 Å². The number of nitrogens with one attached hydrogen (secondary N) is 2. The molecule has 7 nitrogen and oxygen atoms in total. The maximum absolute atomic E-state index is 12.7.